The molecule has 1 aromatic heterocycles. The predicted octanol–water partition coefficient (Wildman–Crippen LogP) is 4.04. The van der Waals surface area contributed by atoms with Crippen molar-refractivity contribution in [3.63, 3.8) is 0 Å². The van der Waals surface area contributed by atoms with Crippen molar-refractivity contribution in [2.24, 2.45) is 5.41 Å². The van der Waals surface area contributed by atoms with Crippen LogP contribution in [0, 0.1) is 25.1 Å². The van der Waals surface area contributed by atoms with E-state index in [1.807, 2.05) is 26.0 Å². The van der Waals surface area contributed by atoms with Gasteiger partial charge in [0.15, 0.2) is 0 Å². The molecule has 0 radical (unpaired) electrons. The summed E-state index contributed by atoms with van der Waals surface area (Å²) in [5.74, 6) is -0.201. The molecule has 1 heterocycles. The minimum Gasteiger partial charge on any atom is -0.305 e. The molecule has 2 rings (SSSR count). The fraction of sp³-hybridized carbons (Fsp3) is 0.471. The number of halogens is 1. The number of rotatable bonds is 4. The zero-order valence-corrected chi connectivity index (χ0v) is 13.4. The summed E-state index contributed by atoms with van der Waals surface area (Å²) in [5, 5.41) is 10.8. The van der Waals surface area contributed by atoms with E-state index < -0.39 is 0 Å². The smallest absolute Gasteiger partial charge is 0.123 e. The Hall–Kier alpha value is -1.68. The molecule has 114 valence electrons. The molecule has 3 nitrogen and oxygen atoms in total. The molecule has 2 N–H and O–H groups in total. The zero-order chi connectivity index (χ0) is 15.6. The summed E-state index contributed by atoms with van der Waals surface area (Å²) in [6.07, 6.45) is 0. The second-order valence-electron chi connectivity index (χ2n) is 6.64. The van der Waals surface area contributed by atoms with E-state index in [1.54, 1.807) is 0 Å². The van der Waals surface area contributed by atoms with Crippen LogP contribution in [-0.2, 0) is 6.54 Å². The van der Waals surface area contributed by atoms with E-state index in [0.717, 1.165) is 23.5 Å². The van der Waals surface area contributed by atoms with Gasteiger partial charge in [0.2, 0.25) is 0 Å². The SMILES string of the molecule is Cc1n[nH]c(C)c1CNC(c1ccc(F)cc1)C(C)(C)C. The first-order valence-corrected chi connectivity index (χ1v) is 7.28. The third kappa shape index (κ3) is 3.70. The molecule has 0 saturated carbocycles. The van der Waals surface area contributed by atoms with Gasteiger partial charge in [0.1, 0.15) is 5.82 Å². The Labute approximate surface area is 126 Å². The zero-order valence-electron chi connectivity index (χ0n) is 13.4. The van der Waals surface area contributed by atoms with Gasteiger partial charge in [-0.3, -0.25) is 5.10 Å². The van der Waals surface area contributed by atoms with Gasteiger partial charge >= 0.3 is 0 Å². The van der Waals surface area contributed by atoms with E-state index in [2.05, 4.69) is 36.3 Å². The molecule has 0 aliphatic carbocycles. The highest BCUT2D eigenvalue weighted by Crippen LogP contribution is 2.33. The van der Waals surface area contributed by atoms with Crippen LogP contribution in [0.25, 0.3) is 0 Å². The Kier molecular flexibility index (Phi) is 4.47. The quantitative estimate of drug-likeness (QED) is 0.891. The lowest BCUT2D eigenvalue weighted by Gasteiger charge is -2.32. The predicted molar refractivity (Wildman–Crippen MR) is 83.5 cm³/mol. The summed E-state index contributed by atoms with van der Waals surface area (Å²) in [6.45, 7) is 11.3. The van der Waals surface area contributed by atoms with Crippen LogP contribution in [-0.4, -0.2) is 10.2 Å². The Morgan fingerprint density at radius 1 is 1.19 bits per heavy atom. The highest BCUT2D eigenvalue weighted by Gasteiger charge is 2.26. The van der Waals surface area contributed by atoms with Crippen LogP contribution >= 0.6 is 0 Å². The van der Waals surface area contributed by atoms with Crippen LogP contribution < -0.4 is 5.32 Å². The lowest BCUT2D eigenvalue weighted by molar-refractivity contribution is 0.270. The molecule has 0 amide bonds. The van der Waals surface area contributed by atoms with Crippen molar-refractivity contribution in [1.82, 2.24) is 15.5 Å². The van der Waals surface area contributed by atoms with Gasteiger partial charge in [-0.1, -0.05) is 32.9 Å². The van der Waals surface area contributed by atoms with Gasteiger partial charge in [-0.25, -0.2) is 4.39 Å². The normalized spacial score (nSPS) is 13.4. The number of nitrogens with zero attached hydrogens (tertiary/aromatic N) is 1. The molecule has 0 aliphatic heterocycles. The molecule has 0 bridgehead atoms. The first kappa shape index (κ1) is 15.7. The van der Waals surface area contributed by atoms with E-state index in [0.29, 0.717) is 0 Å². The Morgan fingerprint density at radius 2 is 1.81 bits per heavy atom. The van der Waals surface area contributed by atoms with Crippen molar-refractivity contribution in [3.8, 4) is 0 Å². The number of H-pyrrole nitrogens is 1. The van der Waals surface area contributed by atoms with Gasteiger partial charge in [-0.15, -0.1) is 0 Å². The maximum absolute atomic E-state index is 13.1. The number of benzene rings is 1. The average molecular weight is 289 g/mol. The van der Waals surface area contributed by atoms with Crippen molar-refractivity contribution in [2.45, 2.75) is 47.2 Å². The fourth-order valence-electron chi connectivity index (χ4n) is 2.62. The van der Waals surface area contributed by atoms with E-state index in [-0.39, 0.29) is 17.3 Å². The summed E-state index contributed by atoms with van der Waals surface area (Å²) in [7, 11) is 0. The maximum Gasteiger partial charge on any atom is 0.123 e. The molecule has 1 aromatic carbocycles. The minimum atomic E-state index is -0.201. The maximum atomic E-state index is 13.1. The van der Waals surface area contributed by atoms with Crippen LogP contribution in [0.1, 0.15) is 49.3 Å². The second kappa shape index (κ2) is 5.98. The topological polar surface area (TPSA) is 40.7 Å². The lowest BCUT2D eigenvalue weighted by Crippen LogP contribution is -2.32. The Bertz CT molecular complexity index is 574. The molecule has 1 unspecified atom stereocenters. The van der Waals surface area contributed by atoms with Crippen LogP contribution in [0.15, 0.2) is 24.3 Å². The van der Waals surface area contributed by atoms with Crippen LogP contribution in [0.4, 0.5) is 4.39 Å². The highest BCUT2D eigenvalue weighted by molar-refractivity contribution is 5.25. The third-order valence-electron chi connectivity index (χ3n) is 3.83. The molecular formula is C17H24FN3. The number of aromatic amines is 1. The van der Waals surface area contributed by atoms with Crippen molar-refractivity contribution in [3.05, 3.63) is 52.6 Å². The van der Waals surface area contributed by atoms with Gasteiger partial charge < -0.3 is 5.32 Å². The van der Waals surface area contributed by atoms with E-state index >= 15 is 0 Å². The highest BCUT2D eigenvalue weighted by atomic mass is 19.1. The van der Waals surface area contributed by atoms with Gasteiger partial charge in [-0.2, -0.15) is 5.10 Å². The number of hydrogen-bond acceptors (Lipinski definition) is 2. The summed E-state index contributed by atoms with van der Waals surface area (Å²) >= 11 is 0. The van der Waals surface area contributed by atoms with Crippen molar-refractivity contribution >= 4 is 0 Å². The Balaban J connectivity index is 2.20. The standard InChI is InChI=1S/C17H24FN3/c1-11-15(12(2)21-20-11)10-19-16(17(3,4)5)13-6-8-14(18)9-7-13/h6-9,16,19H,10H2,1-5H3,(H,20,21). The van der Waals surface area contributed by atoms with Gasteiger partial charge in [0.05, 0.1) is 5.69 Å². The molecule has 0 saturated heterocycles. The van der Waals surface area contributed by atoms with E-state index in [9.17, 15) is 4.39 Å². The lowest BCUT2D eigenvalue weighted by atomic mass is 9.82. The molecule has 0 aliphatic rings. The largest absolute Gasteiger partial charge is 0.305 e. The Morgan fingerprint density at radius 3 is 2.29 bits per heavy atom. The van der Waals surface area contributed by atoms with Crippen LogP contribution in [0.5, 0.6) is 0 Å². The molecule has 0 spiro atoms. The van der Waals surface area contributed by atoms with Crippen molar-refractivity contribution < 1.29 is 4.39 Å². The summed E-state index contributed by atoms with van der Waals surface area (Å²) in [4.78, 5) is 0. The van der Waals surface area contributed by atoms with Crippen molar-refractivity contribution in [1.29, 1.82) is 0 Å². The van der Waals surface area contributed by atoms with Gasteiger partial charge in [-0.05, 0) is 37.0 Å². The fourth-order valence-corrected chi connectivity index (χ4v) is 2.62. The van der Waals surface area contributed by atoms with Crippen LogP contribution in [0.3, 0.4) is 0 Å². The van der Waals surface area contributed by atoms with Gasteiger partial charge in [0.25, 0.3) is 0 Å². The first-order chi connectivity index (χ1) is 9.79. The summed E-state index contributed by atoms with van der Waals surface area (Å²) in [6, 6.07) is 6.89. The first-order valence-electron chi connectivity index (χ1n) is 7.28. The number of nitrogens with one attached hydrogen (secondary N) is 2. The summed E-state index contributed by atoms with van der Waals surface area (Å²) in [5.41, 5.74) is 4.44. The molecule has 21 heavy (non-hydrogen) atoms. The number of aryl methyl sites for hydroxylation is 2. The van der Waals surface area contributed by atoms with Crippen molar-refractivity contribution in [2.75, 3.05) is 0 Å². The second-order valence-corrected chi connectivity index (χ2v) is 6.64. The number of hydrogen-bond donors (Lipinski definition) is 2. The molecule has 0 fully saturated rings. The minimum absolute atomic E-state index is 0.0311. The van der Waals surface area contributed by atoms with Gasteiger partial charge in [0, 0.05) is 23.8 Å². The molecule has 2 aromatic rings. The molecule has 1 atom stereocenters. The average Bonchev–Trinajstić information content (AvgIpc) is 2.71. The molecular weight excluding hydrogens is 265 g/mol. The number of aromatic nitrogens is 2. The van der Waals surface area contributed by atoms with E-state index in [1.165, 1.54) is 17.7 Å². The van der Waals surface area contributed by atoms with Crippen LogP contribution in [0.2, 0.25) is 0 Å². The molecule has 4 heteroatoms. The summed E-state index contributed by atoms with van der Waals surface area (Å²) < 4.78 is 13.1. The van der Waals surface area contributed by atoms with E-state index in [4.69, 9.17) is 0 Å². The third-order valence-corrected chi connectivity index (χ3v) is 3.83. The monoisotopic (exact) mass is 289 g/mol.